The zero-order chi connectivity index (χ0) is 14.3. The van der Waals surface area contributed by atoms with Gasteiger partial charge in [0, 0.05) is 6.42 Å². The van der Waals surface area contributed by atoms with Crippen LogP contribution in [0.5, 0.6) is 0 Å². The summed E-state index contributed by atoms with van der Waals surface area (Å²) in [6, 6.07) is 0. The number of rotatable bonds is 5. The molecule has 0 radical (unpaired) electrons. The molecule has 0 aromatic carbocycles. The highest BCUT2D eigenvalue weighted by atomic mass is 16.7. The molecular weight excluding hydrogens is 236 g/mol. The van der Waals surface area contributed by atoms with Gasteiger partial charge in [-0.15, -0.1) is 0 Å². The molecule has 0 aliphatic carbocycles. The second kappa shape index (κ2) is 7.33. The van der Waals surface area contributed by atoms with E-state index < -0.39 is 17.7 Å². The molecule has 0 heterocycles. The van der Waals surface area contributed by atoms with Crippen LogP contribution in [0.4, 0.5) is 4.79 Å². The van der Waals surface area contributed by atoms with Crippen LogP contribution in [0.25, 0.3) is 0 Å². The lowest BCUT2D eigenvalue weighted by molar-refractivity contribution is -0.141. The molecule has 0 aliphatic rings. The van der Waals surface area contributed by atoms with Gasteiger partial charge in [0.05, 0.1) is 6.17 Å². The summed E-state index contributed by atoms with van der Waals surface area (Å²) in [4.78, 5) is 24.3. The Kier molecular flexibility index (Phi) is 6.86. The largest absolute Gasteiger partial charge is 0.516 e. The third-order valence-electron chi connectivity index (χ3n) is 2.13. The molecule has 1 atom stereocenters. The van der Waals surface area contributed by atoms with Crippen molar-refractivity contribution in [3.8, 4) is 0 Å². The second-order valence-electron chi connectivity index (χ2n) is 5.36. The Morgan fingerprint density at radius 2 is 1.83 bits per heavy atom. The number of esters is 1. The Morgan fingerprint density at radius 3 is 2.28 bits per heavy atom. The number of carbonyl (C=O) groups excluding carboxylic acids is 2. The van der Waals surface area contributed by atoms with Gasteiger partial charge in [-0.3, -0.25) is 9.69 Å². The molecule has 2 N–H and O–H groups in total. The van der Waals surface area contributed by atoms with Gasteiger partial charge in [-0.05, 0) is 47.7 Å². The molecule has 0 bridgehead atoms. The molecule has 0 saturated heterocycles. The van der Waals surface area contributed by atoms with Crippen LogP contribution >= 0.6 is 0 Å². The number of carbonyl (C=O) groups is 2. The van der Waals surface area contributed by atoms with Crippen molar-refractivity contribution >= 4 is 12.1 Å². The first-order valence-electron chi connectivity index (χ1n) is 5.97. The van der Waals surface area contributed by atoms with Crippen LogP contribution < -0.4 is 5.73 Å². The molecule has 0 aliphatic heterocycles. The minimum absolute atomic E-state index is 0.0978. The van der Waals surface area contributed by atoms with Crippen LogP contribution in [-0.2, 0) is 14.3 Å². The number of nitrogens with zero attached hydrogens (tertiary/aromatic N) is 1. The quantitative estimate of drug-likeness (QED) is 0.458. The molecule has 0 saturated carbocycles. The summed E-state index contributed by atoms with van der Waals surface area (Å²) in [5.41, 5.74) is 5.11. The van der Waals surface area contributed by atoms with Gasteiger partial charge < -0.3 is 15.2 Å². The number of hydrogen-bond acceptors (Lipinski definition) is 6. The molecule has 6 heteroatoms. The van der Waals surface area contributed by atoms with Crippen molar-refractivity contribution in [1.29, 1.82) is 0 Å². The summed E-state index contributed by atoms with van der Waals surface area (Å²) < 4.78 is 9.37. The first-order chi connectivity index (χ1) is 8.11. The Hall–Kier alpha value is -1.14. The van der Waals surface area contributed by atoms with Gasteiger partial charge in [-0.25, -0.2) is 4.79 Å². The summed E-state index contributed by atoms with van der Waals surface area (Å²) in [5, 5.41) is 0. The third-order valence-corrected chi connectivity index (χ3v) is 2.13. The molecule has 0 rings (SSSR count). The highest BCUT2D eigenvalue weighted by molar-refractivity contribution is 5.81. The van der Waals surface area contributed by atoms with E-state index in [1.54, 1.807) is 20.8 Å². The summed E-state index contributed by atoms with van der Waals surface area (Å²) >= 11 is 0. The van der Waals surface area contributed by atoms with E-state index in [2.05, 4.69) is 4.74 Å². The topological polar surface area (TPSA) is 81.9 Å². The lowest BCUT2D eigenvalue weighted by atomic mass is 10.2. The molecule has 0 unspecified atom stereocenters. The van der Waals surface area contributed by atoms with Gasteiger partial charge in [0.15, 0.2) is 0 Å². The van der Waals surface area contributed by atoms with Crippen molar-refractivity contribution in [2.24, 2.45) is 5.73 Å². The highest BCUT2D eigenvalue weighted by Crippen LogP contribution is 2.09. The molecule has 0 spiro atoms. The standard InChI is InChI=1S/C12H24N2O4/c1-12(2,3)18-11(16)17-10(15)8-6-7-9(13)14(4)5/h9H,6-8,13H2,1-5H3/t9-/m0/s1. The Balaban J connectivity index is 3.82. The summed E-state index contributed by atoms with van der Waals surface area (Å²) in [6.07, 6.45) is 0.335. The summed E-state index contributed by atoms with van der Waals surface area (Å²) in [6.45, 7) is 5.11. The molecule has 0 aromatic heterocycles. The Bertz CT molecular complexity index is 284. The van der Waals surface area contributed by atoms with Crippen molar-refractivity contribution in [1.82, 2.24) is 4.90 Å². The molecule has 0 amide bonds. The fraction of sp³-hybridized carbons (Fsp3) is 0.833. The molecular formula is C12H24N2O4. The lowest BCUT2D eigenvalue weighted by Gasteiger charge is -2.19. The number of ether oxygens (including phenoxy) is 2. The van der Waals surface area contributed by atoms with Gasteiger partial charge in [0.1, 0.15) is 5.60 Å². The van der Waals surface area contributed by atoms with Crippen molar-refractivity contribution in [2.75, 3.05) is 14.1 Å². The van der Waals surface area contributed by atoms with Gasteiger partial charge in [-0.1, -0.05) is 0 Å². The van der Waals surface area contributed by atoms with E-state index >= 15 is 0 Å². The third kappa shape index (κ3) is 8.95. The first kappa shape index (κ1) is 16.9. The van der Waals surface area contributed by atoms with Crippen LogP contribution in [0.2, 0.25) is 0 Å². The maximum absolute atomic E-state index is 11.3. The Labute approximate surface area is 108 Å². The van der Waals surface area contributed by atoms with Crippen molar-refractivity contribution in [3.63, 3.8) is 0 Å². The summed E-state index contributed by atoms with van der Waals surface area (Å²) in [5.74, 6) is -0.588. The van der Waals surface area contributed by atoms with E-state index in [4.69, 9.17) is 10.5 Å². The van der Waals surface area contributed by atoms with Crippen LogP contribution in [-0.4, -0.2) is 42.9 Å². The van der Waals surface area contributed by atoms with Gasteiger partial charge in [-0.2, -0.15) is 0 Å². The molecule has 0 fully saturated rings. The molecule has 106 valence electrons. The first-order valence-corrected chi connectivity index (χ1v) is 5.97. The van der Waals surface area contributed by atoms with Gasteiger partial charge >= 0.3 is 12.1 Å². The predicted octanol–water partition coefficient (Wildman–Crippen LogP) is 1.48. The number of nitrogens with two attached hydrogens (primary N) is 1. The monoisotopic (exact) mass is 260 g/mol. The van der Waals surface area contributed by atoms with Crippen LogP contribution in [0.3, 0.4) is 0 Å². The lowest BCUT2D eigenvalue weighted by Crippen LogP contribution is -2.36. The normalized spacial score (nSPS) is 13.3. The fourth-order valence-corrected chi connectivity index (χ4v) is 1.13. The van der Waals surface area contributed by atoms with Crippen LogP contribution in [0.1, 0.15) is 40.0 Å². The van der Waals surface area contributed by atoms with Crippen molar-refractivity contribution in [2.45, 2.75) is 51.8 Å². The smallest absolute Gasteiger partial charge is 0.428 e. The van der Waals surface area contributed by atoms with Gasteiger partial charge in [0.25, 0.3) is 0 Å². The van der Waals surface area contributed by atoms with E-state index in [0.717, 1.165) is 0 Å². The van der Waals surface area contributed by atoms with Crippen molar-refractivity contribution in [3.05, 3.63) is 0 Å². The highest BCUT2D eigenvalue weighted by Gasteiger charge is 2.20. The van der Waals surface area contributed by atoms with E-state index in [1.165, 1.54) is 0 Å². The maximum atomic E-state index is 11.3. The van der Waals surface area contributed by atoms with Crippen molar-refractivity contribution < 1.29 is 19.1 Å². The van der Waals surface area contributed by atoms with E-state index in [0.29, 0.717) is 12.8 Å². The second-order valence-corrected chi connectivity index (χ2v) is 5.36. The summed E-state index contributed by atoms with van der Waals surface area (Å²) in [7, 11) is 3.73. The fourth-order valence-electron chi connectivity index (χ4n) is 1.13. The minimum atomic E-state index is -0.954. The number of hydrogen-bond donors (Lipinski definition) is 1. The average Bonchev–Trinajstić information content (AvgIpc) is 2.13. The molecule has 18 heavy (non-hydrogen) atoms. The maximum Gasteiger partial charge on any atom is 0.516 e. The SMILES string of the molecule is CN(C)[C@H](N)CCCC(=O)OC(=O)OC(C)(C)C. The zero-order valence-electron chi connectivity index (χ0n) is 11.9. The Morgan fingerprint density at radius 1 is 1.28 bits per heavy atom. The average molecular weight is 260 g/mol. The van der Waals surface area contributed by atoms with Crippen LogP contribution in [0, 0.1) is 0 Å². The molecule has 0 aromatic rings. The minimum Gasteiger partial charge on any atom is -0.428 e. The zero-order valence-corrected chi connectivity index (χ0v) is 11.9. The van der Waals surface area contributed by atoms with Crippen LogP contribution in [0.15, 0.2) is 0 Å². The van der Waals surface area contributed by atoms with Gasteiger partial charge in [0.2, 0.25) is 0 Å². The molecule has 6 nitrogen and oxygen atoms in total. The van der Waals surface area contributed by atoms with E-state index in [-0.39, 0.29) is 12.6 Å². The van der Waals surface area contributed by atoms with E-state index in [9.17, 15) is 9.59 Å². The van der Waals surface area contributed by atoms with E-state index in [1.807, 2.05) is 19.0 Å². The predicted molar refractivity (Wildman–Crippen MR) is 67.8 cm³/mol.